The Morgan fingerprint density at radius 1 is 1.10 bits per heavy atom. The molecule has 5 nitrogen and oxygen atoms in total. The number of carbonyl (C=O) groups excluding carboxylic acids is 1. The molecule has 31 heavy (non-hydrogen) atoms. The molecule has 0 radical (unpaired) electrons. The van der Waals surface area contributed by atoms with Crippen molar-refractivity contribution in [1.29, 1.82) is 0 Å². The Morgan fingerprint density at radius 3 is 2.48 bits per heavy atom. The second kappa shape index (κ2) is 10.9. The molecule has 2 atom stereocenters. The fourth-order valence-electron chi connectivity index (χ4n) is 4.87. The summed E-state index contributed by atoms with van der Waals surface area (Å²) >= 11 is 0. The van der Waals surface area contributed by atoms with Crippen LogP contribution in [0.4, 0.5) is 13.2 Å². The van der Waals surface area contributed by atoms with E-state index in [2.05, 4.69) is 4.98 Å². The zero-order chi connectivity index (χ0) is 22.4. The number of alkyl halides is 3. The molecule has 0 aliphatic heterocycles. The smallest absolute Gasteiger partial charge is 0.393 e. The number of Topliss-reactive ketones (excluding diaryl/α,β-unsaturated/α-hetero) is 1. The number of nitrogens with zero attached hydrogens (tertiary/aromatic N) is 2. The van der Waals surface area contributed by atoms with E-state index in [1.165, 1.54) is 6.92 Å². The van der Waals surface area contributed by atoms with E-state index in [9.17, 15) is 23.1 Å². The van der Waals surface area contributed by atoms with Crippen LogP contribution >= 0.6 is 0 Å². The molecule has 2 fully saturated rings. The minimum absolute atomic E-state index is 0.0574. The second-order valence-corrected chi connectivity index (χ2v) is 9.22. The van der Waals surface area contributed by atoms with Crippen molar-refractivity contribution in [3.8, 4) is 0 Å². The van der Waals surface area contributed by atoms with Gasteiger partial charge in [0.25, 0.3) is 0 Å². The van der Waals surface area contributed by atoms with Crippen LogP contribution in [0.1, 0.15) is 86.6 Å². The van der Waals surface area contributed by atoms with Crippen molar-refractivity contribution >= 4 is 5.78 Å². The van der Waals surface area contributed by atoms with Gasteiger partial charge >= 0.3 is 6.18 Å². The van der Waals surface area contributed by atoms with E-state index in [1.807, 2.05) is 0 Å². The molecule has 0 amide bonds. The highest BCUT2D eigenvalue weighted by molar-refractivity contribution is 5.94. The molecule has 1 aromatic rings. The molecule has 1 heterocycles. The van der Waals surface area contributed by atoms with Crippen LogP contribution in [-0.2, 0) is 17.6 Å². The Labute approximate surface area is 181 Å². The Kier molecular flexibility index (Phi) is 8.44. The van der Waals surface area contributed by atoms with E-state index in [4.69, 9.17) is 9.72 Å². The third-order valence-electron chi connectivity index (χ3n) is 6.53. The topological polar surface area (TPSA) is 72.3 Å². The molecular formula is C23H33F3N2O3. The summed E-state index contributed by atoms with van der Waals surface area (Å²) in [5, 5.41) is 10.1. The van der Waals surface area contributed by atoms with E-state index in [0.29, 0.717) is 48.9 Å². The van der Waals surface area contributed by atoms with Crippen LogP contribution in [0, 0.1) is 11.8 Å². The third kappa shape index (κ3) is 7.83. The predicted molar refractivity (Wildman–Crippen MR) is 110 cm³/mol. The van der Waals surface area contributed by atoms with Gasteiger partial charge in [0.15, 0.2) is 5.78 Å². The van der Waals surface area contributed by atoms with Gasteiger partial charge in [-0.15, -0.1) is 0 Å². The van der Waals surface area contributed by atoms with Gasteiger partial charge in [0.05, 0.1) is 23.5 Å². The lowest BCUT2D eigenvalue weighted by Crippen LogP contribution is -2.28. The molecule has 0 spiro atoms. The normalized spacial score (nSPS) is 27.6. The molecular weight excluding hydrogens is 409 g/mol. The Bertz CT molecular complexity index is 733. The SMILES string of the molecule is CC(=O)c1cnc(CC2CCC(OCC(F)(F)F)CC2)nc1C[C@@H]1CCCC[C@H](O)C1. The number of aliphatic hydroxyl groups is 1. The molecule has 0 saturated heterocycles. The molecule has 1 N–H and O–H groups in total. The maximum Gasteiger partial charge on any atom is 0.411 e. The Hall–Kier alpha value is -1.54. The molecule has 3 rings (SSSR count). The van der Waals surface area contributed by atoms with Gasteiger partial charge in [-0.3, -0.25) is 4.79 Å². The molecule has 0 unspecified atom stereocenters. The number of rotatable bonds is 7. The van der Waals surface area contributed by atoms with Gasteiger partial charge in [0.1, 0.15) is 12.4 Å². The summed E-state index contributed by atoms with van der Waals surface area (Å²) in [5.74, 6) is 1.24. The first-order valence-electron chi connectivity index (χ1n) is 11.4. The summed E-state index contributed by atoms with van der Waals surface area (Å²) in [4.78, 5) is 21.2. The van der Waals surface area contributed by atoms with E-state index in [1.54, 1.807) is 6.20 Å². The molecule has 0 aromatic carbocycles. The minimum atomic E-state index is -4.28. The summed E-state index contributed by atoms with van der Waals surface area (Å²) in [7, 11) is 0. The largest absolute Gasteiger partial charge is 0.411 e. The summed E-state index contributed by atoms with van der Waals surface area (Å²) < 4.78 is 42.0. The Morgan fingerprint density at radius 2 is 1.81 bits per heavy atom. The van der Waals surface area contributed by atoms with Crippen LogP contribution in [0.3, 0.4) is 0 Å². The van der Waals surface area contributed by atoms with Gasteiger partial charge in [-0.25, -0.2) is 9.97 Å². The van der Waals surface area contributed by atoms with E-state index < -0.39 is 12.8 Å². The van der Waals surface area contributed by atoms with Crippen molar-refractivity contribution in [3.05, 3.63) is 23.3 Å². The molecule has 2 aliphatic rings. The third-order valence-corrected chi connectivity index (χ3v) is 6.53. The van der Waals surface area contributed by atoms with Crippen LogP contribution in [0.25, 0.3) is 0 Å². The van der Waals surface area contributed by atoms with E-state index in [-0.39, 0.29) is 18.0 Å². The average molecular weight is 443 g/mol. The van der Waals surface area contributed by atoms with Gasteiger partial charge < -0.3 is 9.84 Å². The first-order valence-corrected chi connectivity index (χ1v) is 11.4. The van der Waals surface area contributed by atoms with Gasteiger partial charge in [0, 0.05) is 12.6 Å². The zero-order valence-corrected chi connectivity index (χ0v) is 18.2. The van der Waals surface area contributed by atoms with Crippen molar-refractivity contribution < 1.29 is 27.8 Å². The second-order valence-electron chi connectivity index (χ2n) is 9.22. The summed E-state index contributed by atoms with van der Waals surface area (Å²) in [6, 6.07) is 0. The fraction of sp³-hybridized carbons (Fsp3) is 0.783. The summed E-state index contributed by atoms with van der Waals surface area (Å²) in [6.45, 7) is 0.337. The number of hydrogen-bond donors (Lipinski definition) is 1. The lowest BCUT2D eigenvalue weighted by molar-refractivity contribution is -0.188. The molecule has 2 aliphatic carbocycles. The van der Waals surface area contributed by atoms with Crippen LogP contribution < -0.4 is 0 Å². The fourth-order valence-corrected chi connectivity index (χ4v) is 4.87. The maximum absolute atomic E-state index is 12.3. The van der Waals surface area contributed by atoms with Crippen molar-refractivity contribution in [3.63, 3.8) is 0 Å². The monoisotopic (exact) mass is 442 g/mol. The number of carbonyl (C=O) groups is 1. The van der Waals surface area contributed by atoms with Crippen molar-refractivity contribution in [1.82, 2.24) is 9.97 Å². The van der Waals surface area contributed by atoms with Crippen LogP contribution in [-0.4, -0.2) is 45.8 Å². The number of aromatic nitrogens is 2. The number of aliphatic hydroxyl groups excluding tert-OH is 1. The van der Waals surface area contributed by atoms with Gasteiger partial charge in [0.2, 0.25) is 0 Å². The molecule has 174 valence electrons. The maximum atomic E-state index is 12.3. The molecule has 8 heteroatoms. The Balaban J connectivity index is 1.59. The van der Waals surface area contributed by atoms with Gasteiger partial charge in [-0.05, 0) is 70.1 Å². The summed E-state index contributed by atoms with van der Waals surface area (Å²) in [5.41, 5.74) is 1.31. The van der Waals surface area contributed by atoms with Gasteiger partial charge in [-0.1, -0.05) is 12.8 Å². The highest BCUT2D eigenvalue weighted by Gasteiger charge is 2.31. The van der Waals surface area contributed by atoms with Crippen LogP contribution in [0.15, 0.2) is 6.20 Å². The first-order chi connectivity index (χ1) is 14.7. The minimum Gasteiger partial charge on any atom is -0.393 e. The van der Waals surface area contributed by atoms with E-state index in [0.717, 1.165) is 50.6 Å². The highest BCUT2D eigenvalue weighted by Crippen LogP contribution is 2.31. The highest BCUT2D eigenvalue weighted by atomic mass is 19.4. The number of halogens is 3. The predicted octanol–water partition coefficient (Wildman–Crippen LogP) is 4.84. The standard InChI is InChI=1S/C23H33F3N2O3/c1-15(29)20-13-27-22(28-21(20)11-17-4-2-3-5-18(30)10-17)12-16-6-8-19(9-7-16)31-14-23(24,25)26/h13,16-19,30H,2-12,14H2,1H3/t16?,17-,18+,19?/m1/s1. The van der Waals surface area contributed by atoms with Crippen LogP contribution in [0.2, 0.25) is 0 Å². The number of ketones is 1. The average Bonchev–Trinajstić information content (AvgIpc) is 2.90. The lowest BCUT2D eigenvalue weighted by atomic mass is 9.85. The number of hydrogen-bond acceptors (Lipinski definition) is 5. The zero-order valence-electron chi connectivity index (χ0n) is 18.2. The van der Waals surface area contributed by atoms with Gasteiger partial charge in [-0.2, -0.15) is 13.2 Å². The molecule has 0 bridgehead atoms. The molecule has 2 saturated carbocycles. The van der Waals surface area contributed by atoms with Crippen molar-refractivity contribution in [2.75, 3.05) is 6.61 Å². The van der Waals surface area contributed by atoms with Crippen molar-refractivity contribution in [2.24, 2.45) is 11.8 Å². The quantitative estimate of drug-likeness (QED) is 0.483. The first kappa shape index (κ1) is 24.1. The van der Waals surface area contributed by atoms with Crippen molar-refractivity contribution in [2.45, 2.75) is 95.9 Å². The molecule has 1 aromatic heterocycles. The summed E-state index contributed by atoms with van der Waals surface area (Å²) in [6.07, 6.45) is 5.51. The van der Waals surface area contributed by atoms with Crippen LogP contribution in [0.5, 0.6) is 0 Å². The van der Waals surface area contributed by atoms with E-state index >= 15 is 0 Å². The number of ether oxygens (including phenoxy) is 1. The lowest BCUT2D eigenvalue weighted by Gasteiger charge is -2.28.